The molecule has 5 saturated carbocycles. The third kappa shape index (κ3) is 14.3. The van der Waals surface area contributed by atoms with Gasteiger partial charge in [-0.2, -0.15) is 5.26 Å². The zero-order valence-corrected chi connectivity index (χ0v) is 54.8. The number of carbonyl (C=O) groups excluding carboxylic acids is 2. The van der Waals surface area contributed by atoms with Crippen LogP contribution in [0.3, 0.4) is 0 Å². The van der Waals surface area contributed by atoms with E-state index in [4.69, 9.17) is 14.2 Å². The lowest BCUT2D eigenvalue weighted by Gasteiger charge is -2.72. The summed E-state index contributed by atoms with van der Waals surface area (Å²) in [5, 5.41) is 25.5. The summed E-state index contributed by atoms with van der Waals surface area (Å²) in [4.78, 5) is 32.0. The van der Waals surface area contributed by atoms with Gasteiger partial charge in [0.25, 0.3) is 0 Å². The van der Waals surface area contributed by atoms with Crippen molar-refractivity contribution in [2.24, 2.45) is 56.7 Å². The van der Waals surface area contributed by atoms with Crippen LogP contribution in [0.25, 0.3) is 0 Å². The quantitative estimate of drug-likeness (QED) is 0.0339. The van der Waals surface area contributed by atoms with Crippen LogP contribution in [-0.4, -0.2) is 72.5 Å². The van der Waals surface area contributed by atoms with Crippen LogP contribution < -0.4 is 10.1 Å². The number of sulfone groups is 1. The van der Waals surface area contributed by atoms with Gasteiger partial charge in [-0.1, -0.05) is 156 Å². The first-order chi connectivity index (χ1) is 39.9. The minimum Gasteiger partial charge on any atom is -0.475 e. The number of fused-ring (bicyclic) bond motifs is 7. The molecule has 1 aromatic rings. The summed E-state index contributed by atoms with van der Waals surface area (Å²) in [6.45, 7) is 24.5. The lowest BCUT2D eigenvalue weighted by Crippen LogP contribution is -2.68. The summed E-state index contributed by atoms with van der Waals surface area (Å²) in [5.74, 6) is 1.98. The molecule has 470 valence electrons. The molecule has 0 amide bonds. The van der Waals surface area contributed by atoms with Gasteiger partial charge >= 0.3 is 11.9 Å². The second kappa shape index (κ2) is 27.9. The van der Waals surface area contributed by atoms with E-state index in [2.05, 4.69) is 83.6 Å². The Hall–Kier alpha value is -3.53. The lowest BCUT2D eigenvalue weighted by atomic mass is 9.33. The van der Waals surface area contributed by atoms with Crippen molar-refractivity contribution in [1.82, 2.24) is 10.3 Å². The number of aromatic nitrogens is 1. The monoisotopic (exact) mass is 1180 g/mol. The molecule has 0 spiro atoms. The van der Waals surface area contributed by atoms with E-state index in [9.17, 15) is 28.4 Å². The zero-order valence-electron chi connectivity index (χ0n) is 54.0. The molecule has 0 saturated heterocycles. The van der Waals surface area contributed by atoms with E-state index in [1.165, 1.54) is 132 Å². The number of hydrogen-bond acceptors (Lipinski definition) is 11. The summed E-state index contributed by atoms with van der Waals surface area (Å²) >= 11 is 0. The fourth-order valence-corrected chi connectivity index (χ4v) is 20.5. The molecule has 1 unspecified atom stereocenters. The Morgan fingerprint density at radius 1 is 0.798 bits per heavy atom. The molecule has 1 aromatic heterocycles. The average molecular weight is 1180 g/mol. The van der Waals surface area contributed by atoms with Crippen LogP contribution in [0.1, 0.15) is 273 Å². The molecular weight excluding hydrogens is 1070 g/mol. The number of allylic oxidation sites excluding steroid dienone is 5. The Bertz CT molecular complexity index is 2650. The summed E-state index contributed by atoms with van der Waals surface area (Å²) in [7, 11) is -3.10. The van der Waals surface area contributed by atoms with Crippen molar-refractivity contribution in [1.29, 1.82) is 5.26 Å². The Morgan fingerprint density at radius 2 is 1.45 bits per heavy atom. The standard InChI is InChI=1S/C72H113N3O8S/c1-11-12-13-14-15-16-17-18-19-20-21-22-23-24-25-28-62(76)82-53(4)83-65(77)70(51-81-64-55(50-73)27-26-48-74-64)40-31-54(32-41-70)58-36-38-67(7)60(66(58,5)6)37-39-69(9)61(67)30-29-59-63-57(52(2)3)35-44-72(63,46-45-68(59,69)8)75-49-47-71(78)42-33-56(34-43-71)84(10,79)80/h26-27,31,36,48,53,56-57,59-61,63,75,78H,2,11-25,28-30,32-35,37-47,49,51H2,1,3-10H3/t53-,56?,57-,59+,60-,61+,63+,67-,68+,69+,70?,71?,72-/m0/s1. The van der Waals surface area contributed by atoms with Crippen molar-refractivity contribution < 1.29 is 37.3 Å². The minimum absolute atomic E-state index is 0.0190. The number of esters is 2. The second-order valence-corrected chi connectivity index (χ2v) is 32.3. The van der Waals surface area contributed by atoms with Gasteiger partial charge in [-0.25, -0.2) is 13.4 Å². The summed E-state index contributed by atoms with van der Waals surface area (Å²) < 4.78 is 42.7. The van der Waals surface area contributed by atoms with Crippen LogP contribution in [0.5, 0.6) is 5.88 Å². The maximum absolute atomic E-state index is 14.6. The minimum atomic E-state index is -3.10. The molecule has 0 aliphatic heterocycles. The number of carbonyl (C=O) groups is 2. The van der Waals surface area contributed by atoms with Gasteiger partial charge in [0.2, 0.25) is 12.2 Å². The molecule has 12 heteroatoms. The average Bonchev–Trinajstić information content (AvgIpc) is 1.09. The molecule has 0 radical (unpaired) electrons. The van der Waals surface area contributed by atoms with Crippen molar-refractivity contribution >= 4 is 21.8 Å². The normalized spacial score (nSPS) is 34.7. The van der Waals surface area contributed by atoms with Crippen LogP contribution in [-0.2, 0) is 28.9 Å². The highest BCUT2D eigenvalue weighted by Crippen LogP contribution is 2.76. The number of pyridine rings is 1. The van der Waals surface area contributed by atoms with Crippen LogP contribution in [0, 0.1) is 68.0 Å². The predicted octanol–water partition coefficient (Wildman–Crippen LogP) is 16.8. The van der Waals surface area contributed by atoms with Gasteiger partial charge in [0.05, 0.1) is 10.9 Å². The van der Waals surface area contributed by atoms with E-state index in [0.29, 0.717) is 92.9 Å². The Kier molecular flexibility index (Phi) is 22.1. The van der Waals surface area contributed by atoms with Crippen molar-refractivity contribution in [2.45, 2.75) is 290 Å². The van der Waals surface area contributed by atoms with Gasteiger partial charge in [-0.15, -0.1) is 0 Å². The number of nitriles is 1. The molecule has 84 heavy (non-hydrogen) atoms. The molecule has 11 atom stereocenters. The number of aliphatic hydroxyl groups is 1. The highest BCUT2D eigenvalue weighted by molar-refractivity contribution is 7.91. The molecule has 1 heterocycles. The van der Waals surface area contributed by atoms with E-state index in [1.807, 2.05) is 0 Å². The maximum atomic E-state index is 14.6. The van der Waals surface area contributed by atoms with Crippen LogP contribution in [0.4, 0.5) is 0 Å². The fourth-order valence-electron chi connectivity index (χ4n) is 19.5. The molecule has 2 N–H and O–H groups in total. The van der Waals surface area contributed by atoms with E-state index >= 15 is 0 Å². The van der Waals surface area contributed by atoms with Gasteiger partial charge in [-0.3, -0.25) is 9.59 Å². The fraction of sp³-hybridized carbons (Fsp3) is 0.806. The first kappa shape index (κ1) is 66.4. The van der Waals surface area contributed by atoms with Gasteiger partial charge in [-0.05, 0) is 204 Å². The zero-order chi connectivity index (χ0) is 60.6. The largest absolute Gasteiger partial charge is 0.475 e. The number of nitrogens with zero attached hydrogens (tertiary/aromatic N) is 2. The summed E-state index contributed by atoms with van der Waals surface area (Å²) in [5.41, 5.74) is 2.81. The van der Waals surface area contributed by atoms with E-state index in [-0.39, 0.29) is 50.9 Å². The SMILES string of the molecule is C=C(C)[C@@H]1CC[C@]2(NCCC3(O)CCC(S(C)(=O)=O)CC3)CC[C@]3(C)[C@H](CC[C@@H]4[C@@]5(C)CC=C(C6=CCC(COc7ncccc7C#N)(C(=O)O[C@@H](C)OC(=O)CCCCCCCCCCCCCCCCC)CC6)C(C)(C)[C@@H]5CC[C@]43C)[C@@H]12. The van der Waals surface area contributed by atoms with Crippen molar-refractivity contribution in [3.05, 3.63) is 59.3 Å². The Balaban J connectivity index is 0.892. The predicted molar refractivity (Wildman–Crippen MR) is 337 cm³/mol. The van der Waals surface area contributed by atoms with Gasteiger partial charge < -0.3 is 24.6 Å². The highest BCUT2D eigenvalue weighted by atomic mass is 32.2. The maximum Gasteiger partial charge on any atom is 0.318 e. The Morgan fingerprint density at radius 3 is 2.06 bits per heavy atom. The first-order valence-corrected chi connectivity index (χ1v) is 36.0. The van der Waals surface area contributed by atoms with Crippen molar-refractivity contribution in [2.75, 3.05) is 19.4 Å². The Labute approximate surface area is 509 Å². The number of unbranched alkanes of at least 4 members (excludes halogenated alkanes) is 14. The molecule has 0 bridgehead atoms. The summed E-state index contributed by atoms with van der Waals surface area (Å²) in [6.07, 6.45) is 40.7. The molecule has 7 aliphatic rings. The number of nitrogens with one attached hydrogen (secondary N) is 1. The third-order valence-corrected chi connectivity index (χ3v) is 26.2. The molecule has 0 aromatic carbocycles. The number of hydrogen-bond donors (Lipinski definition) is 2. The molecule has 5 fully saturated rings. The van der Waals surface area contributed by atoms with E-state index in [1.54, 1.807) is 25.3 Å². The molecule has 7 aliphatic carbocycles. The van der Waals surface area contributed by atoms with Crippen LogP contribution in [0.2, 0.25) is 0 Å². The van der Waals surface area contributed by atoms with Gasteiger partial charge in [0.1, 0.15) is 33.5 Å². The molecule has 8 rings (SSSR count). The van der Waals surface area contributed by atoms with Crippen molar-refractivity contribution in [3.8, 4) is 11.9 Å². The van der Waals surface area contributed by atoms with Crippen LogP contribution in [0.15, 0.2) is 53.8 Å². The highest BCUT2D eigenvalue weighted by Gasteiger charge is 2.70. The topological polar surface area (TPSA) is 165 Å². The lowest BCUT2D eigenvalue weighted by molar-refractivity contribution is -0.221. The first-order valence-electron chi connectivity index (χ1n) is 34.0. The van der Waals surface area contributed by atoms with E-state index < -0.39 is 33.1 Å². The van der Waals surface area contributed by atoms with E-state index in [0.717, 1.165) is 51.5 Å². The second-order valence-electron chi connectivity index (χ2n) is 29.9. The molecular formula is C72H113N3O8S. The molecule has 11 nitrogen and oxygen atoms in total. The summed E-state index contributed by atoms with van der Waals surface area (Å²) in [6, 6.07) is 5.54. The third-order valence-electron chi connectivity index (χ3n) is 24.5. The number of ether oxygens (including phenoxy) is 3. The van der Waals surface area contributed by atoms with Gasteiger partial charge in [0, 0.05) is 31.3 Å². The van der Waals surface area contributed by atoms with Crippen LogP contribution >= 0.6 is 0 Å². The van der Waals surface area contributed by atoms with Crippen molar-refractivity contribution in [3.63, 3.8) is 0 Å². The number of rotatable bonds is 29. The van der Waals surface area contributed by atoms with Gasteiger partial charge in [0.15, 0.2) is 0 Å². The smallest absolute Gasteiger partial charge is 0.318 e.